The highest BCUT2D eigenvalue weighted by molar-refractivity contribution is 6.02. The van der Waals surface area contributed by atoms with Gasteiger partial charge in [0.2, 0.25) is 0 Å². The second kappa shape index (κ2) is 5.97. The summed E-state index contributed by atoms with van der Waals surface area (Å²) in [5.41, 5.74) is 3.36. The maximum atomic E-state index is 6.16. The molecule has 1 N–H and O–H groups in total. The Balaban J connectivity index is 1.70. The van der Waals surface area contributed by atoms with Crippen molar-refractivity contribution in [3.63, 3.8) is 0 Å². The van der Waals surface area contributed by atoms with E-state index in [1.807, 2.05) is 0 Å². The van der Waals surface area contributed by atoms with Crippen LogP contribution in [0, 0.1) is 0 Å². The van der Waals surface area contributed by atoms with E-state index in [1.54, 1.807) is 0 Å². The lowest BCUT2D eigenvalue weighted by atomic mass is 10.00. The first-order valence-electron chi connectivity index (χ1n) is 8.32. The topological polar surface area (TPSA) is 23.2 Å². The average Bonchev–Trinajstić information content (AvgIpc) is 2.61. The summed E-state index contributed by atoms with van der Waals surface area (Å²) in [5, 5.41) is 2.46. The molecule has 0 bridgehead atoms. The number of ether oxygens (including phenoxy) is 1. The van der Waals surface area contributed by atoms with Crippen molar-refractivity contribution in [1.29, 1.82) is 0 Å². The smallest absolute Gasteiger partial charge is 0.198 e. The zero-order chi connectivity index (χ0) is 16.5. The molecule has 0 spiro atoms. The number of benzene rings is 2. The molecule has 24 heavy (non-hydrogen) atoms. The van der Waals surface area contributed by atoms with E-state index in [0.717, 1.165) is 28.4 Å². The molecule has 2 aromatic carbocycles. The summed E-state index contributed by atoms with van der Waals surface area (Å²) in [5.74, 6) is 1.80. The van der Waals surface area contributed by atoms with Gasteiger partial charge in [-0.15, -0.1) is 0 Å². The third-order valence-electron chi connectivity index (χ3n) is 4.18. The van der Waals surface area contributed by atoms with E-state index in [4.69, 9.17) is 4.74 Å². The van der Waals surface area contributed by atoms with E-state index in [1.165, 1.54) is 10.8 Å². The van der Waals surface area contributed by atoms with Crippen LogP contribution in [0.4, 0.5) is 0 Å². The van der Waals surface area contributed by atoms with Crippen molar-refractivity contribution in [2.45, 2.75) is 19.9 Å². The standard InChI is InChI=1S/C22H19NO/c1-15(2)23-18-10-7-17(8-11-18)21-14-12-20-19-6-4-3-5-16(19)9-13-22(20)24-21/h3-15H,1-2H3/p+1. The Hall–Kier alpha value is -2.87. The van der Waals surface area contributed by atoms with Crippen LogP contribution < -0.4 is 9.73 Å². The Kier molecular flexibility index (Phi) is 3.66. The minimum atomic E-state index is 0.425. The van der Waals surface area contributed by atoms with Gasteiger partial charge in [0.25, 0.3) is 0 Å². The molecule has 118 valence electrons. The first-order valence-corrected chi connectivity index (χ1v) is 8.32. The molecule has 2 nitrogen and oxygen atoms in total. The van der Waals surface area contributed by atoms with E-state index >= 15 is 0 Å². The number of fused-ring (bicyclic) bond motifs is 3. The lowest BCUT2D eigenvalue weighted by Crippen LogP contribution is -2.77. The molecule has 1 aliphatic heterocycles. The second-order valence-corrected chi connectivity index (χ2v) is 6.37. The first-order chi connectivity index (χ1) is 11.7. The van der Waals surface area contributed by atoms with Crippen molar-refractivity contribution in [3.8, 4) is 5.75 Å². The maximum Gasteiger partial charge on any atom is 0.198 e. The molecule has 0 aromatic heterocycles. The van der Waals surface area contributed by atoms with Gasteiger partial charge in [-0.2, -0.15) is 0 Å². The number of rotatable bonds is 1. The van der Waals surface area contributed by atoms with Crippen LogP contribution in [0.1, 0.15) is 19.4 Å². The number of allylic oxidation sites excluding steroid dienone is 6. The van der Waals surface area contributed by atoms with Crippen molar-refractivity contribution in [2.24, 2.45) is 0 Å². The summed E-state index contributed by atoms with van der Waals surface area (Å²) < 4.78 is 6.16. The van der Waals surface area contributed by atoms with Crippen LogP contribution in [0.3, 0.4) is 0 Å². The number of hydrogen-bond acceptors (Lipinski definition) is 1. The molecule has 1 aliphatic carbocycles. The Bertz CT molecular complexity index is 937. The SMILES string of the molecule is CC(C)[NH+]=C1C=CC(=C2C=Cc3c(ccc4ccccc34)O2)C=C1. The highest BCUT2D eigenvalue weighted by Gasteiger charge is 2.15. The molecule has 0 amide bonds. The van der Waals surface area contributed by atoms with Crippen LogP contribution in [0.5, 0.6) is 5.75 Å². The number of hydrogen-bond donors (Lipinski definition) is 1. The van der Waals surface area contributed by atoms with Crippen LogP contribution in [0.2, 0.25) is 0 Å². The van der Waals surface area contributed by atoms with Crippen LogP contribution in [-0.2, 0) is 0 Å². The quantitative estimate of drug-likeness (QED) is 0.855. The van der Waals surface area contributed by atoms with Gasteiger partial charge in [0.1, 0.15) is 17.6 Å². The Morgan fingerprint density at radius 1 is 0.833 bits per heavy atom. The predicted octanol–water partition coefficient (Wildman–Crippen LogP) is 3.56. The van der Waals surface area contributed by atoms with Gasteiger partial charge in [-0.3, -0.25) is 0 Å². The van der Waals surface area contributed by atoms with Crippen LogP contribution in [-0.4, -0.2) is 11.8 Å². The van der Waals surface area contributed by atoms with E-state index < -0.39 is 0 Å². The Morgan fingerprint density at radius 3 is 2.42 bits per heavy atom. The number of nitrogens with one attached hydrogen (secondary N) is 1. The van der Waals surface area contributed by atoms with Gasteiger partial charge in [0, 0.05) is 23.3 Å². The molecule has 0 saturated carbocycles. The third-order valence-corrected chi connectivity index (χ3v) is 4.18. The van der Waals surface area contributed by atoms with E-state index in [-0.39, 0.29) is 0 Å². The minimum Gasteiger partial charge on any atom is -0.456 e. The fraction of sp³-hybridized carbons (Fsp3) is 0.136. The van der Waals surface area contributed by atoms with Crippen molar-refractivity contribution in [1.82, 2.24) is 0 Å². The van der Waals surface area contributed by atoms with Crippen LogP contribution in [0.25, 0.3) is 16.8 Å². The molecular weight excluding hydrogens is 294 g/mol. The summed E-state index contributed by atoms with van der Waals surface area (Å²) in [7, 11) is 0. The van der Waals surface area contributed by atoms with E-state index in [9.17, 15) is 0 Å². The Labute approximate surface area is 142 Å². The summed E-state index contributed by atoms with van der Waals surface area (Å²) in [6.45, 7) is 4.27. The largest absolute Gasteiger partial charge is 0.456 e. The van der Waals surface area contributed by atoms with Crippen molar-refractivity contribution < 1.29 is 9.73 Å². The summed E-state index contributed by atoms with van der Waals surface area (Å²) in [6.07, 6.45) is 12.6. The van der Waals surface area contributed by atoms with Gasteiger partial charge in [-0.05, 0) is 55.0 Å². The van der Waals surface area contributed by atoms with E-state index in [0.29, 0.717) is 6.04 Å². The fourth-order valence-corrected chi connectivity index (χ4v) is 3.07. The fourth-order valence-electron chi connectivity index (χ4n) is 3.07. The summed E-state index contributed by atoms with van der Waals surface area (Å²) in [6, 6.07) is 13.0. The van der Waals surface area contributed by atoms with Crippen LogP contribution >= 0.6 is 0 Å². The molecule has 0 unspecified atom stereocenters. The molecule has 0 fully saturated rings. The highest BCUT2D eigenvalue weighted by Crippen LogP contribution is 2.35. The van der Waals surface area contributed by atoms with E-state index in [2.05, 4.69) is 91.7 Å². The molecule has 0 saturated heterocycles. The molecule has 2 aromatic rings. The lowest BCUT2D eigenvalue weighted by molar-refractivity contribution is -0.491. The molecular formula is C22H20NO+. The van der Waals surface area contributed by atoms with Crippen molar-refractivity contribution in [3.05, 3.63) is 83.7 Å². The van der Waals surface area contributed by atoms with Crippen LogP contribution in [0.15, 0.2) is 78.1 Å². The highest BCUT2D eigenvalue weighted by atomic mass is 16.5. The molecule has 2 aliphatic rings. The predicted molar refractivity (Wildman–Crippen MR) is 100 cm³/mol. The Morgan fingerprint density at radius 2 is 1.62 bits per heavy atom. The normalized spacial score (nSPS) is 15.9. The van der Waals surface area contributed by atoms with Gasteiger partial charge in [0.15, 0.2) is 5.71 Å². The lowest BCUT2D eigenvalue weighted by Gasteiger charge is -2.18. The summed E-state index contributed by atoms with van der Waals surface area (Å²) >= 11 is 0. The zero-order valence-corrected chi connectivity index (χ0v) is 13.9. The summed E-state index contributed by atoms with van der Waals surface area (Å²) in [4.78, 5) is 3.40. The average molecular weight is 314 g/mol. The van der Waals surface area contributed by atoms with Gasteiger partial charge < -0.3 is 4.74 Å². The molecule has 0 radical (unpaired) electrons. The van der Waals surface area contributed by atoms with Gasteiger partial charge in [0.05, 0.1) is 0 Å². The zero-order valence-electron chi connectivity index (χ0n) is 13.9. The second-order valence-electron chi connectivity index (χ2n) is 6.37. The molecule has 4 rings (SSSR count). The third kappa shape index (κ3) is 2.71. The van der Waals surface area contributed by atoms with Crippen molar-refractivity contribution in [2.75, 3.05) is 0 Å². The molecule has 1 heterocycles. The first kappa shape index (κ1) is 14.7. The van der Waals surface area contributed by atoms with Gasteiger partial charge in [-0.25, -0.2) is 4.99 Å². The monoisotopic (exact) mass is 314 g/mol. The van der Waals surface area contributed by atoms with Gasteiger partial charge in [-0.1, -0.05) is 30.3 Å². The molecule has 2 heteroatoms. The van der Waals surface area contributed by atoms with Crippen molar-refractivity contribution >= 4 is 22.6 Å². The van der Waals surface area contributed by atoms with Gasteiger partial charge >= 0.3 is 0 Å². The maximum absolute atomic E-state index is 6.16. The minimum absolute atomic E-state index is 0.425. The molecule has 0 atom stereocenters.